The van der Waals surface area contributed by atoms with Gasteiger partial charge in [0.15, 0.2) is 0 Å². The summed E-state index contributed by atoms with van der Waals surface area (Å²) in [5.74, 6) is 0.911. The molecule has 1 aromatic heterocycles. The van der Waals surface area contributed by atoms with Crippen molar-refractivity contribution in [2.24, 2.45) is 5.92 Å². The Morgan fingerprint density at radius 1 is 1.23 bits per heavy atom. The fraction of sp³-hybridized carbons (Fsp3) is 0.800. The van der Waals surface area contributed by atoms with Crippen molar-refractivity contribution in [2.45, 2.75) is 25.8 Å². The summed E-state index contributed by atoms with van der Waals surface area (Å²) in [6, 6.07) is 0. The average molecular weight is 323 g/mol. The highest BCUT2D eigenvalue weighted by atomic mass is 32.1. The van der Waals surface area contributed by atoms with Crippen LogP contribution in [-0.2, 0) is 11.3 Å². The predicted molar refractivity (Wildman–Crippen MR) is 86.6 cm³/mol. The summed E-state index contributed by atoms with van der Waals surface area (Å²) in [7, 11) is 2.12. The monoisotopic (exact) mass is 323 g/mol. The van der Waals surface area contributed by atoms with Crippen LogP contribution in [0.25, 0.3) is 0 Å². The molecule has 0 aromatic carbocycles. The van der Waals surface area contributed by atoms with Gasteiger partial charge in [0.2, 0.25) is 5.91 Å². The number of hydrogen-bond donors (Lipinski definition) is 0. The molecule has 2 aliphatic heterocycles. The SMILES string of the molecule is CN1CCN(C(=O)CC2CCN(Cc3nncs3)CC2)CC1. The van der Waals surface area contributed by atoms with Gasteiger partial charge in [0.25, 0.3) is 0 Å². The van der Waals surface area contributed by atoms with E-state index in [2.05, 4.69) is 27.0 Å². The lowest BCUT2D eigenvalue weighted by Crippen LogP contribution is -2.47. The predicted octanol–water partition coefficient (Wildman–Crippen LogP) is 0.914. The van der Waals surface area contributed by atoms with Crippen molar-refractivity contribution in [3.63, 3.8) is 0 Å². The first kappa shape index (κ1) is 15.8. The number of nitrogens with zero attached hydrogens (tertiary/aromatic N) is 5. The summed E-state index contributed by atoms with van der Waals surface area (Å²) in [5.41, 5.74) is 1.79. The molecule has 2 fully saturated rings. The molecule has 3 rings (SSSR count). The van der Waals surface area contributed by atoms with Gasteiger partial charge < -0.3 is 9.80 Å². The third kappa shape index (κ3) is 4.24. The molecule has 1 aromatic rings. The molecule has 122 valence electrons. The first-order chi connectivity index (χ1) is 10.7. The van der Waals surface area contributed by atoms with E-state index in [1.165, 1.54) is 0 Å². The van der Waals surface area contributed by atoms with E-state index < -0.39 is 0 Å². The third-order valence-corrected chi connectivity index (χ3v) is 5.47. The van der Waals surface area contributed by atoms with Crippen LogP contribution in [0, 0.1) is 5.92 Å². The van der Waals surface area contributed by atoms with Gasteiger partial charge in [-0.1, -0.05) is 0 Å². The maximum Gasteiger partial charge on any atom is 0.222 e. The summed E-state index contributed by atoms with van der Waals surface area (Å²) >= 11 is 1.62. The van der Waals surface area contributed by atoms with Crippen LogP contribution in [0.15, 0.2) is 5.51 Å². The Balaban J connectivity index is 1.39. The molecule has 0 aliphatic carbocycles. The molecule has 1 amide bonds. The summed E-state index contributed by atoms with van der Waals surface area (Å²) < 4.78 is 0. The fourth-order valence-corrected chi connectivity index (χ4v) is 3.80. The highest BCUT2D eigenvalue weighted by Crippen LogP contribution is 2.23. The van der Waals surface area contributed by atoms with Crippen molar-refractivity contribution in [3.05, 3.63) is 10.5 Å². The van der Waals surface area contributed by atoms with Crippen molar-refractivity contribution in [1.82, 2.24) is 24.9 Å². The zero-order chi connectivity index (χ0) is 15.4. The van der Waals surface area contributed by atoms with Gasteiger partial charge in [0, 0.05) is 32.6 Å². The van der Waals surface area contributed by atoms with E-state index in [1.807, 2.05) is 4.90 Å². The first-order valence-corrected chi connectivity index (χ1v) is 9.02. The minimum Gasteiger partial charge on any atom is -0.340 e. The van der Waals surface area contributed by atoms with E-state index in [0.29, 0.717) is 11.8 Å². The van der Waals surface area contributed by atoms with E-state index in [9.17, 15) is 4.79 Å². The molecule has 0 radical (unpaired) electrons. The van der Waals surface area contributed by atoms with Gasteiger partial charge in [0.05, 0.1) is 6.54 Å². The lowest BCUT2D eigenvalue weighted by molar-refractivity contribution is -0.134. The second-order valence-electron chi connectivity index (χ2n) is 6.44. The lowest BCUT2D eigenvalue weighted by atomic mass is 9.93. The number of hydrogen-bond acceptors (Lipinski definition) is 6. The molecule has 0 N–H and O–H groups in total. The molecule has 0 bridgehead atoms. The van der Waals surface area contributed by atoms with Gasteiger partial charge in [0.1, 0.15) is 10.5 Å². The van der Waals surface area contributed by atoms with E-state index in [1.54, 1.807) is 16.8 Å². The fourth-order valence-electron chi connectivity index (χ4n) is 3.24. The Kier molecular flexibility index (Phi) is 5.38. The van der Waals surface area contributed by atoms with Crippen molar-refractivity contribution in [1.29, 1.82) is 0 Å². The highest BCUT2D eigenvalue weighted by molar-refractivity contribution is 7.09. The molecule has 22 heavy (non-hydrogen) atoms. The Morgan fingerprint density at radius 3 is 2.59 bits per heavy atom. The van der Waals surface area contributed by atoms with Crippen LogP contribution in [0.2, 0.25) is 0 Å². The van der Waals surface area contributed by atoms with Crippen LogP contribution < -0.4 is 0 Å². The Labute approximate surface area is 136 Å². The number of amides is 1. The molecule has 0 unspecified atom stereocenters. The Morgan fingerprint density at radius 2 is 1.95 bits per heavy atom. The standard InChI is InChI=1S/C15H25N5OS/c1-18-6-8-20(9-7-18)15(21)10-13-2-4-19(5-3-13)11-14-17-16-12-22-14/h12-13H,2-11H2,1H3. The van der Waals surface area contributed by atoms with E-state index in [4.69, 9.17) is 0 Å². The van der Waals surface area contributed by atoms with Gasteiger partial charge in [-0.25, -0.2) is 0 Å². The number of piperidine rings is 1. The minimum atomic E-state index is 0.357. The summed E-state index contributed by atoms with van der Waals surface area (Å²) in [6.45, 7) is 6.85. The normalized spacial score (nSPS) is 22.1. The molecule has 0 atom stereocenters. The third-order valence-electron chi connectivity index (χ3n) is 4.79. The summed E-state index contributed by atoms with van der Waals surface area (Å²) in [4.78, 5) is 19.2. The van der Waals surface area contributed by atoms with Crippen molar-refractivity contribution >= 4 is 17.2 Å². The van der Waals surface area contributed by atoms with E-state index >= 15 is 0 Å². The quantitative estimate of drug-likeness (QED) is 0.824. The van der Waals surface area contributed by atoms with Crippen molar-refractivity contribution < 1.29 is 4.79 Å². The number of carbonyl (C=O) groups excluding carboxylic acids is 1. The van der Waals surface area contributed by atoms with Crippen molar-refractivity contribution in [2.75, 3.05) is 46.3 Å². The number of piperazine rings is 1. The molecule has 3 heterocycles. The van der Waals surface area contributed by atoms with E-state index in [-0.39, 0.29) is 0 Å². The van der Waals surface area contributed by atoms with Crippen LogP contribution in [0.1, 0.15) is 24.3 Å². The van der Waals surface area contributed by atoms with Crippen LogP contribution in [0.5, 0.6) is 0 Å². The van der Waals surface area contributed by atoms with Crippen LogP contribution in [0.4, 0.5) is 0 Å². The van der Waals surface area contributed by atoms with Gasteiger partial charge >= 0.3 is 0 Å². The van der Waals surface area contributed by atoms with Crippen molar-refractivity contribution in [3.8, 4) is 0 Å². The maximum atomic E-state index is 12.4. The largest absolute Gasteiger partial charge is 0.340 e. The summed E-state index contributed by atoms with van der Waals surface area (Å²) in [5, 5.41) is 9.08. The smallest absolute Gasteiger partial charge is 0.222 e. The molecule has 2 saturated heterocycles. The van der Waals surface area contributed by atoms with Crippen LogP contribution in [0.3, 0.4) is 0 Å². The number of likely N-dealkylation sites (tertiary alicyclic amines) is 1. The molecule has 0 spiro atoms. The van der Waals surface area contributed by atoms with E-state index in [0.717, 1.165) is 70.1 Å². The number of rotatable bonds is 4. The maximum absolute atomic E-state index is 12.4. The number of aromatic nitrogens is 2. The molecule has 0 saturated carbocycles. The van der Waals surface area contributed by atoms with Gasteiger partial charge in [-0.05, 0) is 38.9 Å². The Hall–Kier alpha value is -1.05. The topological polar surface area (TPSA) is 52.6 Å². The first-order valence-electron chi connectivity index (χ1n) is 8.14. The molecule has 6 nitrogen and oxygen atoms in total. The molecule has 7 heteroatoms. The highest BCUT2D eigenvalue weighted by Gasteiger charge is 2.25. The zero-order valence-electron chi connectivity index (χ0n) is 13.3. The zero-order valence-corrected chi connectivity index (χ0v) is 14.1. The Bertz CT molecular complexity index is 464. The average Bonchev–Trinajstić information content (AvgIpc) is 3.03. The molecular formula is C15H25N5OS. The second-order valence-corrected chi connectivity index (χ2v) is 7.36. The molecular weight excluding hydrogens is 298 g/mol. The molecule has 2 aliphatic rings. The number of carbonyl (C=O) groups is 1. The van der Waals surface area contributed by atoms with Gasteiger partial charge in [-0.2, -0.15) is 0 Å². The number of likely N-dealkylation sites (N-methyl/N-ethyl adjacent to an activating group) is 1. The lowest BCUT2D eigenvalue weighted by Gasteiger charge is -2.35. The van der Waals surface area contributed by atoms with Gasteiger partial charge in [-0.15, -0.1) is 21.5 Å². The second kappa shape index (κ2) is 7.48. The van der Waals surface area contributed by atoms with Gasteiger partial charge in [-0.3, -0.25) is 9.69 Å². The van der Waals surface area contributed by atoms with Crippen LogP contribution >= 0.6 is 11.3 Å². The minimum absolute atomic E-state index is 0.357. The summed E-state index contributed by atoms with van der Waals surface area (Å²) in [6.07, 6.45) is 2.98. The van der Waals surface area contributed by atoms with Crippen LogP contribution in [-0.4, -0.2) is 77.1 Å².